The van der Waals surface area contributed by atoms with Gasteiger partial charge in [-0.25, -0.2) is 0 Å². The van der Waals surface area contributed by atoms with Gasteiger partial charge in [0.05, 0.1) is 6.20 Å². The van der Waals surface area contributed by atoms with Crippen LogP contribution in [0.2, 0.25) is 0 Å². The number of hydrogen-bond acceptors (Lipinski definition) is 3. The fourth-order valence-electron chi connectivity index (χ4n) is 3.06. The third kappa shape index (κ3) is 10.1. The van der Waals surface area contributed by atoms with Gasteiger partial charge in [0, 0.05) is 45.5 Å². The molecule has 1 unspecified atom stereocenters. The van der Waals surface area contributed by atoms with E-state index in [-0.39, 0.29) is 24.0 Å². The molecule has 0 spiro atoms. The van der Waals surface area contributed by atoms with Crippen molar-refractivity contribution in [2.45, 2.75) is 45.7 Å². The Balaban J connectivity index is 0.00000420. The van der Waals surface area contributed by atoms with Crippen LogP contribution in [-0.4, -0.2) is 53.4 Å². The van der Waals surface area contributed by atoms with Crippen LogP contribution in [0.5, 0.6) is 0 Å². The Morgan fingerprint density at radius 3 is 2.62 bits per heavy atom. The molecule has 6 nitrogen and oxygen atoms in total. The molecule has 0 amide bonds. The van der Waals surface area contributed by atoms with E-state index in [0.717, 1.165) is 51.4 Å². The summed E-state index contributed by atoms with van der Waals surface area (Å²) in [7, 11) is 4.14. The molecular weight excluding hydrogens is 475 g/mol. The van der Waals surface area contributed by atoms with Gasteiger partial charge < -0.3 is 10.6 Å². The van der Waals surface area contributed by atoms with Crippen molar-refractivity contribution in [2.75, 3.05) is 26.7 Å². The first-order valence-electron chi connectivity index (χ1n) is 10.3. The fourth-order valence-corrected chi connectivity index (χ4v) is 3.06. The lowest BCUT2D eigenvalue weighted by atomic mass is 10.1. The van der Waals surface area contributed by atoms with Crippen LogP contribution >= 0.6 is 24.0 Å². The van der Waals surface area contributed by atoms with E-state index in [2.05, 4.69) is 78.1 Å². The zero-order valence-corrected chi connectivity index (χ0v) is 20.6. The highest BCUT2D eigenvalue weighted by Gasteiger charge is 2.09. The maximum absolute atomic E-state index is 4.70. The van der Waals surface area contributed by atoms with Crippen LogP contribution in [0, 0.1) is 0 Å². The Hall–Kier alpha value is -1.61. The molecule has 2 rings (SSSR count). The molecule has 0 fully saturated rings. The van der Waals surface area contributed by atoms with Crippen molar-refractivity contribution >= 4 is 29.9 Å². The van der Waals surface area contributed by atoms with Crippen molar-refractivity contribution in [3.8, 4) is 0 Å². The topological polar surface area (TPSA) is 57.5 Å². The van der Waals surface area contributed by atoms with Crippen molar-refractivity contribution < 1.29 is 0 Å². The molecule has 2 aromatic rings. The zero-order valence-electron chi connectivity index (χ0n) is 18.3. The van der Waals surface area contributed by atoms with Gasteiger partial charge in [0.1, 0.15) is 0 Å². The normalized spacial score (nSPS) is 12.5. The van der Waals surface area contributed by atoms with Crippen LogP contribution in [0.1, 0.15) is 37.8 Å². The number of rotatable bonds is 11. The van der Waals surface area contributed by atoms with Gasteiger partial charge in [-0.15, -0.1) is 24.0 Å². The van der Waals surface area contributed by atoms with Crippen LogP contribution in [0.25, 0.3) is 0 Å². The van der Waals surface area contributed by atoms with Crippen LogP contribution in [0.4, 0.5) is 0 Å². The summed E-state index contributed by atoms with van der Waals surface area (Å²) in [6.45, 7) is 7.95. The number of benzene rings is 1. The van der Waals surface area contributed by atoms with Crippen molar-refractivity contribution in [1.29, 1.82) is 0 Å². The highest BCUT2D eigenvalue weighted by Crippen LogP contribution is 2.08. The summed E-state index contributed by atoms with van der Waals surface area (Å²) in [5.41, 5.74) is 2.62. The van der Waals surface area contributed by atoms with Gasteiger partial charge in [0.2, 0.25) is 0 Å². The second-order valence-corrected chi connectivity index (χ2v) is 7.35. The SMILES string of the molecule is CCNC(=NCCCc1cnn(C)c1)NCCC(C)N(C)Cc1ccccc1.I. The Kier molecular flexibility index (Phi) is 12.6. The Morgan fingerprint density at radius 1 is 1.21 bits per heavy atom. The molecule has 1 aromatic heterocycles. The van der Waals surface area contributed by atoms with Crippen LogP contribution in [-0.2, 0) is 20.0 Å². The molecule has 2 N–H and O–H groups in total. The first-order chi connectivity index (χ1) is 13.6. The van der Waals surface area contributed by atoms with E-state index in [0.29, 0.717) is 6.04 Å². The quantitative estimate of drug-likeness (QED) is 0.210. The van der Waals surface area contributed by atoms with E-state index in [1.807, 2.05) is 17.9 Å². The average Bonchev–Trinajstić information content (AvgIpc) is 3.11. The predicted molar refractivity (Wildman–Crippen MR) is 133 cm³/mol. The van der Waals surface area contributed by atoms with E-state index in [1.54, 1.807) is 0 Å². The summed E-state index contributed by atoms with van der Waals surface area (Å²) in [5, 5.41) is 11.0. The van der Waals surface area contributed by atoms with Crippen molar-refractivity contribution in [3.63, 3.8) is 0 Å². The number of hydrogen-bond donors (Lipinski definition) is 2. The highest BCUT2D eigenvalue weighted by atomic mass is 127. The number of guanidine groups is 1. The van der Waals surface area contributed by atoms with E-state index < -0.39 is 0 Å². The molecule has 29 heavy (non-hydrogen) atoms. The number of nitrogens with one attached hydrogen (secondary N) is 2. The van der Waals surface area contributed by atoms with Crippen molar-refractivity contribution in [3.05, 3.63) is 53.9 Å². The lowest BCUT2D eigenvalue weighted by Gasteiger charge is -2.25. The molecule has 0 saturated heterocycles. The lowest BCUT2D eigenvalue weighted by molar-refractivity contribution is 0.238. The summed E-state index contributed by atoms with van der Waals surface area (Å²) in [5.74, 6) is 0.909. The number of aromatic nitrogens is 2. The number of nitrogens with zero attached hydrogens (tertiary/aromatic N) is 4. The maximum Gasteiger partial charge on any atom is 0.191 e. The smallest absolute Gasteiger partial charge is 0.191 e. The van der Waals surface area contributed by atoms with Crippen molar-refractivity contribution in [2.24, 2.45) is 12.0 Å². The highest BCUT2D eigenvalue weighted by molar-refractivity contribution is 14.0. The van der Waals surface area contributed by atoms with Gasteiger partial charge >= 0.3 is 0 Å². The number of aliphatic imine (C=N–C) groups is 1. The molecule has 0 saturated carbocycles. The zero-order chi connectivity index (χ0) is 20.2. The summed E-state index contributed by atoms with van der Waals surface area (Å²) in [6, 6.07) is 11.1. The van der Waals surface area contributed by atoms with Crippen LogP contribution in [0.15, 0.2) is 47.7 Å². The average molecular weight is 512 g/mol. The predicted octanol–water partition coefficient (Wildman–Crippen LogP) is 3.44. The van der Waals surface area contributed by atoms with Gasteiger partial charge in [-0.2, -0.15) is 5.10 Å². The second kappa shape index (κ2) is 14.4. The van der Waals surface area contributed by atoms with E-state index in [9.17, 15) is 0 Å². The fraction of sp³-hybridized carbons (Fsp3) is 0.545. The molecule has 0 aliphatic rings. The monoisotopic (exact) mass is 512 g/mol. The summed E-state index contributed by atoms with van der Waals surface area (Å²) >= 11 is 0. The molecule has 0 bridgehead atoms. The third-order valence-corrected chi connectivity index (χ3v) is 4.88. The Bertz CT molecular complexity index is 700. The first kappa shape index (κ1) is 25.4. The summed E-state index contributed by atoms with van der Waals surface area (Å²) in [4.78, 5) is 7.10. The molecule has 0 aliphatic heterocycles. The largest absolute Gasteiger partial charge is 0.357 e. The Labute approximate surface area is 193 Å². The minimum absolute atomic E-state index is 0. The molecule has 162 valence electrons. The van der Waals surface area contributed by atoms with Crippen LogP contribution < -0.4 is 10.6 Å². The summed E-state index contributed by atoms with van der Waals surface area (Å²) < 4.78 is 1.85. The first-order valence-corrected chi connectivity index (χ1v) is 10.3. The number of halogens is 1. The number of aryl methyl sites for hydroxylation is 2. The molecular formula is C22H37IN6. The van der Waals surface area contributed by atoms with E-state index >= 15 is 0 Å². The Morgan fingerprint density at radius 2 is 1.97 bits per heavy atom. The van der Waals surface area contributed by atoms with Crippen molar-refractivity contribution in [1.82, 2.24) is 25.3 Å². The molecule has 1 atom stereocenters. The van der Waals surface area contributed by atoms with E-state index in [1.165, 1.54) is 11.1 Å². The lowest BCUT2D eigenvalue weighted by Crippen LogP contribution is -2.40. The van der Waals surface area contributed by atoms with Gasteiger partial charge in [-0.05, 0) is 51.3 Å². The summed E-state index contributed by atoms with van der Waals surface area (Å²) in [6.07, 6.45) is 7.11. The molecule has 1 aromatic carbocycles. The van der Waals surface area contributed by atoms with Gasteiger partial charge in [0.25, 0.3) is 0 Å². The van der Waals surface area contributed by atoms with Gasteiger partial charge in [0.15, 0.2) is 5.96 Å². The standard InChI is InChI=1S/C22H36N6.HI/c1-5-23-22(24-14-9-12-21-16-26-28(4)18-21)25-15-13-19(2)27(3)17-20-10-7-6-8-11-20;/h6-8,10-11,16,18-19H,5,9,12-15,17H2,1-4H3,(H2,23,24,25);1H. The maximum atomic E-state index is 4.70. The second-order valence-electron chi connectivity index (χ2n) is 7.35. The van der Waals surface area contributed by atoms with Crippen LogP contribution in [0.3, 0.4) is 0 Å². The molecule has 0 radical (unpaired) electrons. The third-order valence-electron chi connectivity index (χ3n) is 4.88. The van der Waals surface area contributed by atoms with Gasteiger partial charge in [-0.1, -0.05) is 30.3 Å². The minimum Gasteiger partial charge on any atom is -0.357 e. The van der Waals surface area contributed by atoms with E-state index in [4.69, 9.17) is 4.99 Å². The minimum atomic E-state index is 0. The molecule has 1 heterocycles. The molecule has 0 aliphatic carbocycles. The van der Waals surface area contributed by atoms with Gasteiger partial charge in [-0.3, -0.25) is 14.6 Å². The molecule has 7 heteroatoms.